The molecule has 1 aliphatic heterocycles. The Morgan fingerprint density at radius 1 is 1.19 bits per heavy atom. The zero-order valence-corrected chi connectivity index (χ0v) is 17.9. The smallest absolute Gasteiger partial charge is 0.247 e. The number of piperazine rings is 1. The molecule has 1 fully saturated rings. The Balaban J connectivity index is 2.15. The van der Waals surface area contributed by atoms with Crippen LogP contribution in [0.2, 0.25) is 0 Å². The van der Waals surface area contributed by atoms with Crippen LogP contribution in [0.15, 0.2) is 35.2 Å². The van der Waals surface area contributed by atoms with Crippen LogP contribution >= 0.6 is 11.8 Å². The van der Waals surface area contributed by atoms with Crippen molar-refractivity contribution in [3.63, 3.8) is 0 Å². The van der Waals surface area contributed by atoms with E-state index in [1.165, 1.54) is 4.90 Å². The van der Waals surface area contributed by atoms with Gasteiger partial charge in [0.15, 0.2) is 0 Å². The zero-order valence-electron chi connectivity index (χ0n) is 17.1. The van der Waals surface area contributed by atoms with E-state index >= 15 is 0 Å². The molecule has 1 aromatic carbocycles. The van der Waals surface area contributed by atoms with Crippen LogP contribution in [0.5, 0.6) is 0 Å². The summed E-state index contributed by atoms with van der Waals surface area (Å²) < 4.78 is 0. The normalized spacial score (nSPS) is 20.6. The van der Waals surface area contributed by atoms with Gasteiger partial charge in [-0.15, -0.1) is 11.8 Å². The van der Waals surface area contributed by atoms with Gasteiger partial charge in [-0.2, -0.15) is 0 Å². The zero-order chi connectivity index (χ0) is 20.0. The van der Waals surface area contributed by atoms with Crippen molar-refractivity contribution in [2.24, 2.45) is 11.8 Å². The molecule has 27 heavy (non-hydrogen) atoms. The van der Waals surface area contributed by atoms with Gasteiger partial charge >= 0.3 is 0 Å². The summed E-state index contributed by atoms with van der Waals surface area (Å²) in [7, 11) is 0. The molecule has 0 aromatic heterocycles. The maximum atomic E-state index is 12.9. The number of benzene rings is 1. The molecule has 148 valence electrons. The number of carbonyl (C=O) groups is 2. The van der Waals surface area contributed by atoms with Gasteiger partial charge in [0.25, 0.3) is 0 Å². The number of thioether (sulfide) groups is 1. The molecular formula is C22H32N2O2S. The average Bonchev–Trinajstić information content (AvgIpc) is 2.61. The van der Waals surface area contributed by atoms with E-state index in [-0.39, 0.29) is 23.9 Å². The first-order valence-corrected chi connectivity index (χ1v) is 11.0. The molecule has 1 saturated heterocycles. The van der Waals surface area contributed by atoms with Gasteiger partial charge in [-0.3, -0.25) is 9.59 Å². The molecule has 1 N–H and O–H groups in total. The lowest BCUT2D eigenvalue weighted by Gasteiger charge is -2.40. The Morgan fingerprint density at radius 3 is 2.37 bits per heavy atom. The fraction of sp³-hybridized carbons (Fsp3) is 0.545. The Labute approximate surface area is 167 Å². The van der Waals surface area contributed by atoms with Crippen LogP contribution in [0.3, 0.4) is 0 Å². The summed E-state index contributed by atoms with van der Waals surface area (Å²) in [6.07, 6.45) is 7.04. The number of amides is 2. The topological polar surface area (TPSA) is 49.4 Å². The van der Waals surface area contributed by atoms with E-state index in [4.69, 9.17) is 0 Å². The molecule has 2 rings (SSSR count). The van der Waals surface area contributed by atoms with Crippen molar-refractivity contribution in [3.8, 4) is 0 Å². The van der Waals surface area contributed by atoms with Gasteiger partial charge < -0.3 is 10.2 Å². The lowest BCUT2D eigenvalue weighted by atomic mass is 9.95. The minimum atomic E-state index is -0.385. The number of carbonyl (C=O) groups excluding carboxylic acids is 2. The van der Waals surface area contributed by atoms with E-state index in [0.29, 0.717) is 24.8 Å². The van der Waals surface area contributed by atoms with Gasteiger partial charge in [-0.05, 0) is 54.7 Å². The van der Waals surface area contributed by atoms with Crippen molar-refractivity contribution in [2.45, 2.75) is 57.5 Å². The minimum absolute atomic E-state index is 0.0216. The quantitative estimate of drug-likeness (QED) is 0.562. The fourth-order valence-electron chi connectivity index (χ4n) is 3.45. The summed E-state index contributed by atoms with van der Waals surface area (Å²) in [6, 6.07) is 7.74. The standard InChI is InChI=1S/C22H32N2O2S/c1-15(2)12-18-14-24(20(13-16(3)4)22(26)23-18)21(25)11-8-17-6-9-19(27-5)10-7-17/h6-11,15-16,18,20H,12-14H2,1-5H3,(H,23,26)/t18-,20-/m0/s1. The largest absolute Gasteiger partial charge is 0.350 e. The molecule has 0 bridgehead atoms. The Bertz CT molecular complexity index is 667. The van der Waals surface area contributed by atoms with Crippen LogP contribution in [0, 0.1) is 11.8 Å². The van der Waals surface area contributed by atoms with Crippen molar-refractivity contribution in [3.05, 3.63) is 35.9 Å². The van der Waals surface area contributed by atoms with E-state index in [2.05, 4.69) is 33.0 Å². The van der Waals surface area contributed by atoms with Gasteiger partial charge in [-0.25, -0.2) is 0 Å². The molecule has 1 aliphatic rings. The monoisotopic (exact) mass is 388 g/mol. The molecule has 0 saturated carbocycles. The molecule has 0 spiro atoms. The molecule has 1 heterocycles. The second-order valence-corrected chi connectivity index (χ2v) is 8.96. The Kier molecular flexibility index (Phi) is 7.96. The molecule has 5 heteroatoms. The third-order valence-corrected chi connectivity index (χ3v) is 5.45. The predicted molar refractivity (Wildman–Crippen MR) is 114 cm³/mol. The Morgan fingerprint density at radius 2 is 1.81 bits per heavy atom. The second kappa shape index (κ2) is 9.98. The molecule has 0 unspecified atom stereocenters. The summed E-state index contributed by atoms with van der Waals surface area (Å²) in [6.45, 7) is 9.02. The lowest BCUT2D eigenvalue weighted by Crippen LogP contribution is -2.61. The number of hydrogen-bond acceptors (Lipinski definition) is 3. The van der Waals surface area contributed by atoms with Crippen molar-refractivity contribution in [1.82, 2.24) is 10.2 Å². The molecule has 2 atom stereocenters. The summed E-state index contributed by atoms with van der Waals surface area (Å²) in [5.74, 6) is 0.713. The highest BCUT2D eigenvalue weighted by Gasteiger charge is 2.36. The van der Waals surface area contributed by atoms with E-state index in [1.807, 2.05) is 36.6 Å². The third kappa shape index (κ3) is 6.42. The highest BCUT2D eigenvalue weighted by molar-refractivity contribution is 7.98. The minimum Gasteiger partial charge on any atom is -0.350 e. The van der Waals surface area contributed by atoms with Gasteiger partial charge in [0, 0.05) is 23.6 Å². The maximum absolute atomic E-state index is 12.9. The van der Waals surface area contributed by atoms with Crippen molar-refractivity contribution in [1.29, 1.82) is 0 Å². The second-order valence-electron chi connectivity index (χ2n) is 8.08. The fourth-order valence-corrected chi connectivity index (χ4v) is 3.86. The number of nitrogens with zero attached hydrogens (tertiary/aromatic N) is 1. The molecule has 2 amide bonds. The van der Waals surface area contributed by atoms with Crippen LogP contribution in [-0.2, 0) is 9.59 Å². The molecular weight excluding hydrogens is 356 g/mol. The van der Waals surface area contributed by atoms with Gasteiger partial charge in [0.2, 0.25) is 11.8 Å². The first kappa shape index (κ1) is 21.5. The molecule has 4 nitrogen and oxygen atoms in total. The summed E-state index contributed by atoms with van der Waals surface area (Å²) in [4.78, 5) is 28.5. The molecule has 0 radical (unpaired) electrons. The van der Waals surface area contributed by atoms with E-state index < -0.39 is 0 Å². The van der Waals surface area contributed by atoms with Crippen molar-refractivity contribution < 1.29 is 9.59 Å². The van der Waals surface area contributed by atoms with E-state index in [9.17, 15) is 9.59 Å². The third-order valence-electron chi connectivity index (χ3n) is 4.71. The van der Waals surface area contributed by atoms with Crippen LogP contribution in [0.4, 0.5) is 0 Å². The van der Waals surface area contributed by atoms with Crippen LogP contribution < -0.4 is 5.32 Å². The molecule has 0 aliphatic carbocycles. The SMILES string of the molecule is CSc1ccc(C=CC(=O)N2C[C@H](CC(C)C)NC(=O)[C@@H]2CC(C)C)cc1. The number of rotatable bonds is 7. The lowest BCUT2D eigenvalue weighted by molar-refractivity contribution is -0.142. The average molecular weight is 389 g/mol. The summed E-state index contributed by atoms with van der Waals surface area (Å²) >= 11 is 1.69. The highest BCUT2D eigenvalue weighted by atomic mass is 32.2. The summed E-state index contributed by atoms with van der Waals surface area (Å²) in [5.41, 5.74) is 0.988. The Hall–Kier alpha value is -1.75. The van der Waals surface area contributed by atoms with E-state index in [1.54, 1.807) is 22.7 Å². The van der Waals surface area contributed by atoms with Crippen LogP contribution in [0.1, 0.15) is 46.1 Å². The number of nitrogens with one attached hydrogen (secondary N) is 1. The maximum Gasteiger partial charge on any atom is 0.247 e. The predicted octanol–water partition coefficient (Wildman–Crippen LogP) is 4.21. The first-order valence-electron chi connectivity index (χ1n) is 9.73. The van der Waals surface area contributed by atoms with Gasteiger partial charge in [0.1, 0.15) is 6.04 Å². The van der Waals surface area contributed by atoms with Crippen molar-refractivity contribution in [2.75, 3.05) is 12.8 Å². The van der Waals surface area contributed by atoms with Crippen molar-refractivity contribution >= 4 is 29.7 Å². The molecule has 1 aromatic rings. The highest BCUT2D eigenvalue weighted by Crippen LogP contribution is 2.21. The first-order chi connectivity index (χ1) is 12.8. The number of hydrogen-bond donors (Lipinski definition) is 1. The van der Waals surface area contributed by atoms with Crippen LogP contribution in [0.25, 0.3) is 6.08 Å². The summed E-state index contributed by atoms with van der Waals surface area (Å²) in [5, 5.41) is 3.12. The van der Waals surface area contributed by atoms with Gasteiger partial charge in [0.05, 0.1) is 0 Å². The van der Waals surface area contributed by atoms with Crippen LogP contribution in [-0.4, -0.2) is 41.6 Å². The van der Waals surface area contributed by atoms with Gasteiger partial charge in [-0.1, -0.05) is 39.8 Å². The van der Waals surface area contributed by atoms with E-state index in [0.717, 1.165) is 12.0 Å².